The van der Waals surface area contributed by atoms with Crippen molar-refractivity contribution in [1.29, 1.82) is 0 Å². The molecule has 0 bridgehead atoms. The topological polar surface area (TPSA) is 65.8 Å². The molecule has 3 aromatic carbocycles. The molecule has 5 rings (SSSR count). The summed E-state index contributed by atoms with van der Waals surface area (Å²) in [7, 11) is 3.15. The molecule has 36 heavy (non-hydrogen) atoms. The van der Waals surface area contributed by atoms with Crippen LogP contribution in [0.15, 0.2) is 79.0 Å². The first-order valence-corrected chi connectivity index (χ1v) is 11.6. The highest BCUT2D eigenvalue weighted by Gasteiger charge is 2.29. The summed E-state index contributed by atoms with van der Waals surface area (Å²) in [5, 5.41) is 4.78. The molecular formula is C28H26FN3O4. The van der Waals surface area contributed by atoms with Gasteiger partial charge in [0, 0.05) is 18.3 Å². The van der Waals surface area contributed by atoms with Crippen molar-refractivity contribution in [3.63, 3.8) is 0 Å². The van der Waals surface area contributed by atoms with Crippen LogP contribution in [0.5, 0.6) is 11.5 Å². The molecule has 2 heterocycles. The largest absolute Gasteiger partial charge is 0.493 e. The van der Waals surface area contributed by atoms with E-state index in [0.717, 1.165) is 16.8 Å². The number of benzene rings is 3. The van der Waals surface area contributed by atoms with Gasteiger partial charge in [-0.15, -0.1) is 0 Å². The van der Waals surface area contributed by atoms with Crippen LogP contribution in [0.2, 0.25) is 0 Å². The maximum Gasteiger partial charge on any atom is 0.257 e. The number of rotatable bonds is 6. The van der Waals surface area contributed by atoms with Gasteiger partial charge in [-0.25, -0.2) is 9.07 Å². The van der Waals surface area contributed by atoms with Gasteiger partial charge in [-0.05, 0) is 48.0 Å². The summed E-state index contributed by atoms with van der Waals surface area (Å²) >= 11 is 0. The summed E-state index contributed by atoms with van der Waals surface area (Å²) in [6.45, 7) is 1.18. The Morgan fingerprint density at radius 2 is 1.75 bits per heavy atom. The van der Waals surface area contributed by atoms with E-state index in [1.807, 2.05) is 42.5 Å². The molecule has 1 aliphatic heterocycles. The third kappa shape index (κ3) is 4.67. The van der Waals surface area contributed by atoms with Crippen LogP contribution in [-0.4, -0.2) is 54.5 Å². The van der Waals surface area contributed by atoms with E-state index in [-0.39, 0.29) is 17.8 Å². The van der Waals surface area contributed by atoms with Gasteiger partial charge in [0.05, 0.1) is 38.6 Å². The van der Waals surface area contributed by atoms with Crippen LogP contribution in [0, 0.1) is 5.82 Å². The summed E-state index contributed by atoms with van der Waals surface area (Å²) in [5.41, 5.74) is 3.40. The van der Waals surface area contributed by atoms with Gasteiger partial charge in [0.15, 0.2) is 11.5 Å². The average Bonchev–Trinajstić information content (AvgIpc) is 3.39. The second-order valence-corrected chi connectivity index (χ2v) is 8.40. The lowest BCUT2D eigenvalue weighted by molar-refractivity contribution is -0.0228. The van der Waals surface area contributed by atoms with Crippen LogP contribution >= 0.6 is 0 Å². The van der Waals surface area contributed by atoms with Crippen molar-refractivity contribution >= 4 is 5.91 Å². The van der Waals surface area contributed by atoms with Crippen molar-refractivity contribution in [2.75, 3.05) is 33.9 Å². The fraction of sp³-hybridized carbons (Fsp3) is 0.214. The van der Waals surface area contributed by atoms with Crippen LogP contribution < -0.4 is 9.47 Å². The summed E-state index contributed by atoms with van der Waals surface area (Å²) in [6.07, 6.45) is 1.42. The molecule has 1 amide bonds. The molecule has 1 aliphatic rings. The fourth-order valence-electron chi connectivity index (χ4n) is 4.32. The zero-order valence-corrected chi connectivity index (χ0v) is 20.1. The zero-order chi connectivity index (χ0) is 25.1. The molecule has 1 saturated heterocycles. The minimum Gasteiger partial charge on any atom is -0.493 e. The standard InChI is InChI=1S/C28H26FN3O4/c1-34-24-13-10-20(16-25(24)35-2)27-23(17-32(30-27)22-6-4-3-5-7-22)28(33)31-14-15-36-26(18-31)19-8-11-21(29)12-9-19/h3-13,16-17,26H,14-15,18H2,1-2H3. The lowest BCUT2D eigenvalue weighted by Crippen LogP contribution is -2.42. The van der Waals surface area contributed by atoms with Crippen molar-refractivity contribution in [3.05, 3.63) is 95.9 Å². The second-order valence-electron chi connectivity index (χ2n) is 8.40. The molecular weight excluding hydrogens is 461 g/mol. The Morgan fingerprint density at radius 3 is 2.47 bits per heavy atom. The number of hydrogen-bond acceptors (Lipinski definition) is 5. The SMILES string of the molecule is COc1ccc(-c2nn(-c3ccccc3)cc2C(=O)N2CCOC(c3ccc(F)cc3)C2)cc1OC. The Balaban J connectivity index is 1.52. The molecule has 0 radical (unpaired) electrons. The third-order valence-electron chi connectivity index (χ3n) is 6.22. The highest BCUT2D eigenvalue weighted by Crippen LogP contribution is 2.34. The van der Waals surface area contributed by atoms with Crippen molar-refractivity contribution in [1.82, 2.24) is 14.7 Å². The van der Waals surface area contributed by atoms with Crippen LogP contribution in [0.3, 0.4) is 0 Å². The Hall–Kier alpha value is -4.17. The van der Waals surface area contributed by atoms with Crippen LogP contribution in [0.25, 0.3) is 16.9 Å². The minimum atomic E-state index is -0.336. The van der Waals surface area contributed by atoms with Gasteiger partial charge in [0.2, 0.25) is 0 Å². The van der Waals surface area contributed by atoms with Gasteiger partial charge in [-0.2, -0.15) is 5.10 Å². The first-order chi connectivity index (χ1) is 17.6. The van der Waals surface area contributed by atoms with Gasteiger partial charge < -0.3 is 19.1 Å². The number of morpholine rings is 1. The quantitative estimate of drug-likeness (QED) is 0.387. The number of para-hydroxylation sites is 1. The van der Waals surface area contributed by atoms with E-state index in [4.69, 9.17) is 19.3 Å². The van der Waals surface area contributed by atoms with Gasteiger partial charge in [0.25, 0.3) is 5.91 Å². The van der Waals surface area contributed by atoms with Crippen LogP contribution in [0.1, 0.15) is 22.0 Å². The summed E-state index contributed by atoms with van der Waals surface area (Å²) in [4.78, 5) is 15.6. The third-order valence-corrected chi connectivity index (χ3v) is 6.22. The van der Waals surface area contributed by atoms with E-state index in [9.17, 15) is 9.18 Å². The number of carbonyl (C=O) groups is 1. The summed E-state index contributed by atoms with van der Waals surface area (Å²) in [5.74, 6) is 0.671. The number of hydrogen-bond donors (Lipinski definition) is 0. The number of aromatic nitrogens is 2. The van der Waals surface area contributed by atoms with Crippen molar-refractivity contribution in [2.24, 2.45) is 0 Å². The first kappa shape index (κ1) is 23.6. The van der Waals surface area contributed by atoms with Gasteiger partial charge in [0.1, 0.15) is 17.6 Å². The van der Waals surface area contributed by atoms with E-state index in [1.54, 1.807) is 48.2 Å². The molecule has 1 aromatic heterocycles. The predicted molar refractivity (Wildman–Crippen MR) is 133 cm³/mol. The highest BCUT2D eigenvalue weighted by atomic mass is 19.1. The number of methoxy groups -OCH3 is 2. The molecule has 0 N–H and O–H groups in total. The van der Waals surface area contributed by atoms with E-state index in [2.05, 4.69) is 0 Å². The van der Waals surface area contributed by atoms with E-state index >= 15 is 0 Å². The lowest BCUT2D eigenvalue weighted by atomic mass is 10.0. The molecule has 7 nitrogen and oxygen atoms in total. The number of ether oxygens (including phenoxy) is 3. The average molecular weight is 488 g/mol. The molecule has 1 atom stereocenters. The molecule has 0 spiro atoms. The summed E-state index contributed by atoms with van der Waals surface area (Å²) in [6, 6.07) is 21.3. The summed E-state index contributed by atoms with van der Waals surface area (Å²) < 4.78 is 31.9. The maximum atomic E-state index is 13.8. The van der Waals surface area contributed by atoms with Crippen LogP contribution in [0.4, 0.5) is 4.39 Å². The van der Waals surface area contributed by atoms with E-state index in [0.29, 0.717) is 42.5 Å². The van der Waals surface area contributed by atoms with Gasteiger partial charge in [-0.3, -0.25) is 4.79 Å². The number of nitrogens with zero attached hydrogens (tertiary/aromatic N) is 3. The van der Waals surface area contributed by atoms with Crippen molar-refractivity contribution in [2.45, 2.75) is 6.10 Å². The molecule has 184 valence electrons. The Morgan fingerprint density at radius 1 is 1.00 bits per heavy atom. The fourth-order valence-corrected chi connectivity index (χ4v) is 4.32. The maximum absolute atomic E-state index is 13.8. The predicted octanol–water partition coefficient (Wildman–Crippen LogP) is 4.91. The molecule has 0 aliphatic carbocycles. The van der Waals surface area contributed by atoms with Gasteiger partial charge in [-0.1, -0.05) is 30.3 Å². The highest BCUT2D eigenvalue weighted by molar-refractivity contribution is 6.00. The molecule has 8 heteroatoms. The monoisotopic (exact) mass is 487 g/mol. The van der Waals surface area contributed by atoms with Crippen molar-refractivity contribution < 1.29 is 23.4 Å². The molecule has 4 aromatic rings. The second kappa shape index (κ2) is 10.2. The van der Waals surface area contributed by atoms with Gasteiger partial charge >= 0.3 is 0 Å². The normalized spacial score (nSPS) is 15.5. The first-order valence-electron chi connectivity index (χ1n) is 11.6. The lowest BCUT2D eigenvalue weighted by Gasteiger charge is -2.33. The Labute approximate surface area is 208 Å². The Kier molecular flexibility index (Phi) is 6.69. The minimum absolute atomic E-state index is 0.155. The molecule has 1 unspecified atom stereocenters. The van der Waals surface area contributed by atoms with E-state index < -0.39 is 0 Å². The van der Waals surface area contributed by atoms with Crippen molar-refractivity contribution in [3.8, 4) is 28.4 Å². The van der Waals surface area contributed by atoms with E-state index in [1.165, 1.54) is 12.1 Å². The number of halogens is 1. The Bertz CT molecular complexity index is 1360. The number of carbonyl (C=O) groups excluding carboxylic acids is 1. The van der Waals surface area contributed by atoms with Crippen LogP contribution in [-0.2, 0) is 4.74 Å². The zero-order valence-electron chi connectivity index (χ0n) is 20.1. The smallest absolute Gasteiger partial charge is 0.257 e. The molecule has 0 saturated carbocycles. The number of amides is 1. The molecule has 1 fully saturated rings.